The van der Waals surface area contributed by atoms with E-state index in [9.17, 15) is 9.59 Å². The molecule has 0 spiro atoms. The Hall–Kier alpha value is -3.93. The van der Waals surface area contributed by atoms with Gasteiger partial charge in [0, 0.05) is 18.3 Å². The first-order valence-corrected chi connectivity index (χ1v) is 8.95. The number of Topliss-reactive ketones (excluding diaryl/α,β-unsaturated/α-hetero) is 1. The average molecular weight is 387 g/mol. The Morgan fingerprint density at radius 1 is 1.07 bits per heavy atom. The highest BCUT2D eigenvalue weighted by atomic mass is 16.5. The van der Waals surface area contributed by atoms with Crippen molar-refractivity contribution in [1.82, 2.24) is 4.98 Å². The topological polar surface area (TPSA) is 74.7 Å². The minimum atomic E-state index is -0.413. The van der Waals surface area contributed by atoms with Gasteiger partial charge in [0.2, 0.25) is 5.78 Å². The van der Waals surface area contributed by atoms with Gasteiger partial charge in [-0.05, 0) is 42.0 Å². The first-order chi connectivity index (χ1) is 14.1. The van der Waals surface area contributed by atoms with E-state index in [2.05, 4.69) is 4.98 Å². The Balaban J connectivity index is 1.45. The molecule has 0 bridgehead atoms. The van der Waals surface area contributed by atoms with Crippen LogP contribution >= 0.6 is 0 Å². The molecule has 1 aliphatic rings. The quantitative estimate of drug-likeness (QED) is 0.376. The third-order valence-electron chi connectivity index (χ3n) is 4.35. The fourth-order valence-electron chi connectivity index (χ4n) is 2.90. The van der Waals surface area contributed by atoms with Crippen LogP contribution in [0.25, 0.3) is 6.08 Å². The molecule has 6 nitrogen and oxygen atoms in total. The predicted octanol–water partition coefficient (Wildman–Crippen LogP) is 3.85. The van der Waals surface area contributed by atoms with Crippen molar-refractivity contribution in [1.29, 1.82) is 0 Å². The van der Waals surface area contributed by atoms with E-state index < -0.39 is 5.97 Å². The van der Waals surface area contributed by atoms with Crippen molar-refractivity contribution < 1.29 is 23.8 Å². The van der Waals surface area contributed by atoms with Gasteiger partial charge in [-0.3, -0.25) is 14.6 Å². The number of ether oxygens (including phenoxy) is 3. The summed E-state index contributed by atoms with van der Waals surface area (Å²) in [6.45, 7) is 0. The van der Waals surface area contributed by atoms with Gasteiger partial charge in [-0.25, -0.2) is 0 Å². The highest BCUT2D eigenvalue weighted by Gasteiger charge is 2.28. The molecule has 4 rings (SSSR count). The molecule has 0 fully saturated rings. The van der Waals surface area contributed by atoms with Crippen LogP contribution in [0.4, 0.5) is 0 Å². The number of aromatic nitrogens is 1. The minimum Gasteiger partial charge on any atom is -0.497 e. The van der Waals surface area contributed by atoms with Gasteiger partial charge in [-0.2, -0.15) is 0 Å². The number of rotatable bonds is 5. The second-order valence-corrected chi connectivity index (χ2v) is 6.35. The lowest BCUT2D eigenvalue weighted by Gasteiger charge is -2.06. The van der Waals surface area contributed by atoms with E-state index in [1.807, 2.05) is 6.07 Å². The standard InChI is InChI=1S/C23H17NO5/c1-27-17-7-5-15(6-8-17)12-22(25)28-18-9-10-19-20(14-18)29-21(23(19)26)13-16-4-2-3-11-24-16/h2-11,13-14H,12H2,1H3/b21-13-. The van der Waals surface area contributed by atoms with Crippen LogP contribution < -0.4 is 14.2 Å². The van der Waals surface area contributed by atoms with Crippen LogP contribution in [0.1, 0.15) is 21.6 Å². The molecular weight excluding hydrogens is 370 g/mol. The molecule has 0 radical (unpaired) electrons. The summed E-state index contributed by atoms with van der Waals surface area (Å²) in [6.07, 6.45) is 3.34. The smallest absolute Gasteiger partial charge is 0.315 e. The second kappa shape index (κ2) is 7.98. The van der Waals surface area contributed by atoms with Crippen LogP contribution in [-0.4, -0.2) is 23.8 Å². The molecular formula is C23H17NO5. The third kappa shape index (κ3) is 4.16. The van der Waals surface area contributed by atoms with Crippen molar-refractivity contribution >= 4 is 17.8 Å². The number of hydrogen-bond acceptors (Lipinski definition) is 6. The van der Waals surface area contributed by atoms with E-state index in [0.717, 1.165) is 11.3 Å². The summed E-state index contributed by atoms with van der Waals surface area (Å²) in [5, 5.41) is 0. The van der Waals surface area contributed by atoms with Gasteiger partial charge in [-0.15, -0.1) is 0 Å². The number of ketones is 1. The highest BCUT2D eigenvalue weighted by molar-refractivity contribution is 6.14. The van der Waals surface area contributed by atoms with E-state index in [1.165, 1.54) is 0 Å². The zero-order valence-electron chi connectivity index (χ0n) is 15.6. The van der Waals surface area contributed by atoms with Crippen molar-refractivity contribution in [3.63, 3.8) is 0 Å². The summed E-state index contributed by atoms with van der Waals surface area (Å²) in [5.74, 6) is 0.920. The second-order valence-electron chi connectivity index (χ2n) is 6.35. The number of pyridine rings is 1. The van der Waals surface area contributed by atoms with E-state index in [-0.39, 0.29) is 18.0 Å². The maximum atomic E-state index is 12.5. The maximum Gasteiger partial charge on any atom is 0.315 e. The molecule has 0 saturated carbocycles. The fraction of sp³-hybridized carbons (Fsp3) is 0.0870. The van der Waals surface area contributed by atoms with Crippen molar-refractivity contribution in [3.05, 3.63) is 89.4 Å². The number of nitrogens with zero attached hydrogens (tertiary/aromatic N) is 1. The summed E-state index contributed by atoms with van der Waals surface area (Å²) < 4.78 is 16.2. The van der Waals surface area contributed by atoms with Gasteiger partial charge in [0.1, 0.15) is 17.2 Å². The van der Waals surface area contributed by atoms with Crippen molar-refractivity contribution in [2.45, 2.75) is 6.42 Å². The van der Waals surface area contributed by atoms with Crippen LogP contribution in [-0.2, 0) is 11.2 Å². The number of methoxy groups -OCH3 is 1. The van der Waals surface area contributed by atoms with Gasteiger partial charge in [0.15, 0.2) is 5.76 Å². The molecule has 1 aliphatic heterocycles. The molecule has 6 heteroatoms. The summed E-state index contributed by atoms with van der Waals surface area (Å²) in [6, 6.07) is 17.3. The van der Waals surface area contributed by atoms with E-state index in [1.54, 1.807) is 74.0 Å². The first kappa shape index (κ1) is 18.4. The summed E-state index contributed by atoms with van der Waals surface area (Å²) in [7, 11) is 1.58. The zero-order valence-corrected chi connectivity index (χ0v) is 15.6. The molecule has 144 valence electrons. The maximum absolute atomic E-state index is 12.5. The van der Waals surface area contributed by atoms with Crippen molar-refractivity contribution in [2.75, 3.05) is 7.11 Å². The lowest BCUT2D eigenvalue weighted by atomic mass is 10.1. The number of carbonyl (C=O) groups excluding carboxylic acids is 2. The van der Waals surface area contributed by atoms with Crippen molar-refractivity contribution in [2.24, 2.45) is 0 Å². The largest absolute Gasteiger partial charge is 0.497 e. The van der Waals surface area contributed by atoms with Crippen LogP contribution in [0, 0.1) is 0 Å². The molecule has 0 atom stereocenters. The number of benzene rings is 2. The SMILES string of the molecule is COc1ccc(CC(=O)Oc2ccc3c(c2)O/C(=C\c2ccccn2)C3=O)cc1. The molecule has 0 saturated heterocycles. The molecule has 0 aliphatic carbocycles. The van der Waals surface area contributed by atoms with Gasteiger partial charge in [0.05, 0.1) is 24.8 Å². The monoisotopic (exact) mass is 387 g/mol. The molecule has 0 amide bonds. The lowest BCUT2D eigenvalue weighted by molar-refractivity contribution is -0.133. The Kier molecular flexibility index (Phi) is 5.07. The summed E-state index contributed by atoms with van der Waals surface area (Å²) >= 11 is 0. The third-order valence-corrected chi connectivity index (χ3v) is 4.35. The van der Waals surface area contributed by atoms with Crippen LogP contribution in [0.15, 0.2) is 72.6 Å². The number of carbonyl (C=O) groups is 2. The predicted molar refractivity (Wildman–Crippen MR) is 106 cm³/mol. The molecule has 2 aromatic carbocycles. The molecule has 3 aromatic rings. The molecule has 29 heavy (non-hydrogen) atoms. The van der Waals surface area contributed by atoms with Crippen LogP contribution in [0.2, 0.25) is 0 Å². The van der Waals surface area contributed by atoms with Crippen LogP contribution in [0.5, 0.6) is 17.2 Å². The molecule has 0 unspecified atom stereocenters. The van der Waals surface area contributed by atoms with Gasteiger partial charge in [0.25, 0.3) is 0 Å². The number of hydrogen-bond donors (Lipinski definition) is 0. The molecule has 1 aromatic heterocycles. The summed E-state index contributed by atoms with van der Waals surface area (Å²) in [5.41, 5.74) is 1.85. The summed E-state index contributed by atoms with van der Waals surface area (Å²) in [4.78, 5) is 28.9. The molecule has 0 N–H and O–H groups in total. The average Bonchev–Trinajstić information content (AvgIpc) is 3.04. The number of allylic oxidation sites excluding steroid dienone is 1. The first-order valence-electron chi connectivity index (χ1n) is 8.95. The number of esters is 1. The number of fused-ring (bicyclic) bond motifs is 1. The van der Waals surface area contributed by atoms with Crippen molar-refractivity contribution in [3.8, 4) is 17.2 Å². The fourth-order valence-corrected chi connectivity index (χ4v) is 2.90. The van der Waals surface area contributed by atoms with Gasteiger partial charge >= 0.3 is 5.97 Å². The Labute approximate surface area is 167 Å². The Morgan fingerprint density at radius 3 is 2.59 bits per heavy atom. The minimum absolute atomic E-state index is 0.117. The van der Waals surface area contributed by atoms with Gasteiger partial charge in [-0.1, -0.05) is 18.2 Å². The van der Waals surface area contributed by atoms with E-state index in [4.69, 9.17) is 14.2 Å². The van der Waals surface area contributed by atoms with Crippen LogP contribution in [0.3, 0.4) is 0 Å². The van der Waals surface area contributed by atoms with Gasteiger partial charge < -0.3 is 14.2 Å². The van der Waals surface area contributed by atoms with E-state index in [0.29, 0.717) is 22.8 Å². The molecule has 2 heterocycles. The normalized spacial score (nSPS) is 13.7. The Bertz CT molecular complexity index is 1090. The van der Waals surface area contributed by atoms with E-state index >= 15 is 0 Å². The lowest BCUT2D eigenvalue weighted by Crippen LogP contribution is -2.11. The Morgan fingerprint density at radius 2 is 1.86 bits per heavy atom. The highest BCUT2D eigenvalue weighted by Crippen LogP contribution is 2.34. The zero-order chi connectivity index (χ0) is 20.2.